The van der Waals surface area contributed by atoms with E-state index in [1.165, 1.54) is 0 Å². The Morgan fingerprint density at radius 1 is 1.24 bits per heavy atom. The van der Waals surface area contributed by atoms with E-state index in [2.05, 4.69) is 15.9 Å². The Bertz CT molecular complexity index is 527. The summed E-state index contributed by atoms with van der Waals surface area (Å²) in [6, 6.07) is 7.56. The van der Waals surface area contributed by atoms with Crippen molar-refractivity contribution in [3.63, 3.8) is 0 Å². The lowest BCUT2D eigenvalue weighted by atomic mass is 10.1. The summed E-state index contributed by atoms with van der Waals surface area (Å²) in [5.74, 6) is 0.878. The van der Waals surface area contributed by atoms with Crippen molar-refractivity contribution in [1.82, 2.24) is 0 Å². The van der Waals surface area contributed by atoms with E-state index in [-0.39, 0.29) is 4.83 Å². The zero-order valence-electron chi connectivity index (χ0n) is 8.91. The predicted molar refractivity (Wildman–Crippen MR) is 78.1 cm³/mol. The molecule has 1 aromatic carbocycles. The Labute approximate surface area is 122 Å². The number of hydrogen-bond acceptors (Lipinski definition) is 2. The van der Waals surface area contributed by atoms with Crippen LogP contribution in [0.4, 0.5) is 0 Å². The predicted octanol–water partition coefficient (Wildman–Crippen LogP) is 5.55. The molecule has 2 rings (SSSR count). The van der Waals surface area contributed by atoms with E-state index in [4.69, 9.17) is 27.9 Å². The van der Waals surface area contributed by atoms with Crippen molar-refractivity contribution in [3.05, 3.63) is 50.1 Å². The first kappa shape index (κ1) is 13.2. The molecule has 0 spiro atoms. The molecule has 0 aliphatic heterocycles. The summed E-state index contributed by atoms with van der Waals surface area (Å²) in [7, 11) is 1.67. The first-order valence-electron chi connectivity index (χ1n) is 4.84. The van der Waals surface area contributed by atoms with Gasteiger partial charge in [-0.15, -0.1) is 11.3 Å². The fourth-order valence-corrected chi connectivity index (χ4v) is 3.49. The van der Waals surface area contributed by atoms with Crippen molar-refractivity contribution in [2.75, 3.05) is 7.11 Å². The summed E-state index contributed by atoms with van der Waals surface area (Å²) in [5, 5.41) is 3.12. The summed E-state index contributed by atoms with van der Waals surface area (Å²) in [5.41, 5.74) is 1.06. The average Bonchev–Trinajstić information content (AvgIpc) is 2.80. The van der Waals surface area contributed by atoms with Crippen LogP contribution in [0.1, 0.15) is 15.3 Å². The molecule has 1 heterocycles. The van der Waals surface area contributed by atoms with E-state index in [0.29, 0.717) is 10.0 Å². The van der Waals surface area contributed by atoms with Gasteiger partial charge in [0.15, 0.2) is 0 Å². The molecule has 0 fully saturated rings. The fraction of sp³-hybridized carbons (Fsp3) is 0.167. The molecule has 2 aromatic rings. The zero-order chi connectivity index (χ0) is 12.4. The lowest BCUT2D eigenvalue weighted by molar-refractivity contribution is 0.413. The molecular weight excluding hydrogens is 343 g/mol. The van der Waals surface area contributed by atoms with Crippen LogP contribution < -0.4 is 4.74 Å². The van der Waals surface area contributed by atoms with Crippen LogP contribution >= 0.6 is 50.5 Å². The highest BCUT2D eigenvalue weighted by molar-refractivity contribution is 9.09. The van der Waals surface area contributed by atoms with Gasteiger partial charge in [-0.2, -0.15) is 0 Å². The van der Waals surface area contributed by atoms with E-state index < -0.39 is 0 Å². The van der Waals surface area contributed by atoms with Gasteiger partial charge in [0.2, 0.25) is 0 Å². The second kappa shape index (κ2) is 5.61. The third-order valence-corrected chi connectivity index (χ3v) is 5.34. The molecule has 0 N–H and O–H groups in total. The monoisotopic (exact) mass is 350 g/mol. The molecule has 0 saturated carbocycles. The first-order valence-corrected chi connectivity index (χ1v) is 7.39. The van der Waals surface area contributed by atoms with Gasteiger partial charge in [-0.3, -0.25) is 0 Å². The number of thiophene rings is 1. The molecule has 90 valence electrons. The van der Waals surface area contributed by atoms with E-state index in [1.807, 2.05) is 23.6 Å². The van der Waals surface area contributed by atoms with E-state index in [0.717, 1.165) is 16.2 Å². The number of ether oxygens (including phenoxy) is 1. The molecular formula is C12H9BrCl2OS. The van der Waals surface area contributed by atoms with E-state index >= 15 is 0 Å². The minimum absolute atomic E-state index is 0.0622. The minimum atomic E-state index is 0.0622. The highest BCUT2D eigenvalue weighted by Crippen LogP contribution is 2.41. The zero-order valence-corrected chi connectivity index (χ0v) is 12.8. The molecule has 0 saturated heterocycles. The summed E-state index contributed by atoms with van der Waals surface area (Å²) >= 11 is 17.2. The quantitative estimate of drug-likeness (QED) is 0.659. The number of methoxy groups -OCH3 is 1. The maximum atomic E-state index is 6.01. The third-order valence-electron chi connectivity index (χ3n) is 2.34. The van der Waals surface area contributed by atoms with Crippen molar-refractivity contribution >= 4 is 50.5 Å². The molecule has 0 radical (unpaired) electrons. The van der Waals surface area contributed by atoms with Crippen molar-refractivity contribution in [2.45, 2.75) is 4.83 Å². The maximum absolute atomic E-state index is 6.01. The topological polar surface area (TPSA) is 9.23 Å². The number of benzene rings is 1. The van der Waals surface area contributed by atoms with Crippen molar-refractivity contribution < 1.29 is 4.74 Å². The van der Waals surface area contributed by atoms with E-state index in [9.17, 15) is 0 Å². The maximum Gasteiger partial charge on any atom is 0.134 e. The van der Waals surface area contributed by atoms with Gasteiger partial charge in [-0.25, -0.2) is 0 Å². The average molecular weight is 352 g/mol. The Kier molecular flexibility index (Phi) is 4.36. The standard InChI is InChI=1S/C12H9BrCl2OS/c1-16-10-4-5-17-12(10)11(13)7-2-3-8(14)9(15)6-7/h2-6,11H,1H3. The molecule has 5 heteroatoms. The molecule has 1 aromatic heterocycles. The number of alkyl halides is 1. The molecule has 1 atom stereocenters. The van der Waals surface area contributed by atoms with Gasteiger partial charge in [0.25, 0.3) is 0 Å². The second-order valence-electron chi connectivity index (χ2n) is 3.39. The largest absolute Gasteiger partial charge is 0.496 e. The van der Waals surface area contributed by atoms with Gasteiger partial charge < -0.3 is 4.74 Å². The van der Waals surface area contributed by atoms with Crippen molar-refractivity contribution in [2.24, 2.45) is 0 Å². The molecule has 1 nitrogen and oxygen atoms in total. The van der Waals surface area contributed by atoms with E-state index in [1.54, 1.807) is 24.5 Å². The first-order chi connectivity index (χ1) is 8.13. The summed E-state index contributed by atoms with van der Waals surface area (Å²) in [6.07, 6.45) is 0. The van der Waals surface area contributed by atoms with Crippen LogP contribution in [-0.2, 0) is 0 Å². The van der Waals surface area contributed by atoms with Crippen molar-refractivity contribution in [1.29, 1.82) is 0 Å². The number of halogens is 3. The molecule has 0 aliphatic carbocycles. The highest BCUT2D eigenvalue weighted by atomic mass is 79.9. The lowest BCUT2D eigenvalue weighted by Gasteiger charge is -2.11. The van der Waals surface area contributed by atoms with Crippen molar-refractivity contribution in [3.8, 4) is 5.75 Å². The summed E-state index contributed by atoms with van der Waals surface area (Å²) in [6.45, 7) is 0. The van der Waals surface area contributed by atoms with Gasteiger partial charge in [0, 0.05) is 0 Å². The molecule has 0 aliphatic rings. The minimum Gasteiger partial charge on any atom is -0.496 e. The van der Waals surface area contributed by atoms with Gasteiger partial charge >= 0.3 is 0 Å². The second-order valence-corrected chi connectivity index (χ2v) is 6.07. The van der Waals surface area contributed by atoms with Crippen LogP contribution in [-0.4, -0.2) is 7.11 Å². The smallest absolute Gasteiger partial charge is 0.134 e. The van der Waals surface area contributed by atoms with Gasteiger partial charge in [0.05, 0.1) is 26.9 Å². The third kappa shape index (κ3) is 2.79. The Balaban J connectivity index is 2.36. The van der Waals surface area contributed by atoms with Crippen LogP contribution in [0.3, 0.4) is 0 Å². The van der Waals surface area contributed by atoms with Crippen LogP contribution in [0.15, 0.2) is 29.6 Å². The van der Waals surface area contributed by atoms with Crippen LogP contribution in [0.25, 0.3) is 0 Å². The Morgan fingerprint density at radius 2 is 2.00 bits per heavy atom. The fourth-order valence-electron chi connectivity index (χ4n) is 1.48. The Morgan fingerprint density at radius 3 is 2.65 bits per heavy atom. The summed E-state index contributed by atoms with van der Waals surface area (Å²) < 4.78 is 5.30. The molecule has 1 unspecified atom stereocenters. The normalized spacial score (nSPS) is 12.5. The van der Waals surface area contributed by atoms with Gasteiger partial charge in [0.1, 0.15) is 5.75 Å². The van der Waals surface area contributed by atoms with Gasteiger partial charge in [-0.1, -0.05) is 45.2 Å². The van der Waals surface area contributed by atoms with Crippen LogP contribution in [0.5, 0.6) is 5.75 Å². The lowest BCUT2D eigenvalue weighted by Crippen LogP contribution is -1.93. The number of hydrogen-bond donors (Lipinski definition) is 0. The molecule has 17 heavy (non-hydrogen) atoms. The SMILES string of the molecule is COc1ccsc1C(Br)c1ccc(Cl)c(Cl)c1. The van der Waals surface area contributed by atoms with Gasteiger partial charge in [-0.05, 0) is 29.1 Å². The highest BCUT2D eigenvalue weighted by Gasteiger charge is 2.17. The molecule has 0 amide bonds. The van der Waals surface area contributed by atoms with Crippen LogP contribution in [0, 0.1) is 0 Å². The van der Waals surface area contributed by atoms with Crippen LogP contribution in [0.2, 0.25) is 10.0 Å². The molecule has 0 bridgehead atoms. The summed E-state index contributed by atoms with van der Waals surface area (Å²) in [4.78, 5) is 1.18. The Hall–Kier alpha value is -0.220. The number of rotatable bonds is 3.